The standard InChI is InChI=1S/C38H54N2/c1-9-11-13-14-15-16-17-18-19-20-22-36-35(21-12-10-2)37(33-23-27(3)31(7)28(4)24-33)40(39)38(36)34-25-29(5)32(8)30(6)26-34/h20,22-26H,9-19,21H2,1-8H3. The van der Waals surface area contributed by atoms with Crippen LogP contribution < -0.4 is 0 Å². The number of nitrogens with zero attached hydrogens (tertiary/aromatic N) is 2. The summed E-state index contributed by atoms with van der Waals surface area (Å²) in [6.07, 6.45) is 19.6. The number of rotatable bonds is 15. The Balaban J connectivity index is 1.99. The van der Waals surface area contributed by atoms with Gasteiger partial charge >= 0.3 is 0 Å². The minimum Gasteiger partial charge on any atom is -0.493 e. The van der Waals surface area contributed by atoms with Gasteiger partial charge in [-0.05, 0) is 125 Å². The van der Waals surface area contributed by atoms with E-state index in [4.69, 9.17) is 0 Å². The van der Waals surface area contributed by atoms with Gasteiger partial charge in [0.2, 0.25) is 11.4 Å². The fourth-order valence-corrected chi connectivity index (χ4v) is 5.93. The van der Waals surface area contributed by atoms with Crippen LogP contribution in [-0.4, -0.2) is 4.70 Å². The van der Waals surface area contributed by atoms with Crippen LogP contribution >= 0.6 is 0 Å². The first-order valence-electron chi connectivity index (χ1n) is 16.0. The molecule has 0 saturated carbocycles. The predicted molar refractivity (Wildman–Crippen MR) is 175 cm³/mol. The molecule has 1 heterocycles. The number of benzene rings is 2. The van der Waals surface area contributed by atoms with Crippen molar-refractivity contribution in [3.05, 3.63) is 97.6 Å². The molecule has 2 heteroatoms. The van der Waals surface area contributed by atoms with Crippen LogP contribution in [0.2, 0.25) is 0 Å². The summed E-state index contributed by atoms with van der Waals surface area (Å²) >= 11 is 0. The molecule has 0 atom stereocenters. The van der Waals surface area contributed by atoms with E-state index in [-0.39, 0.29) is 0 Å². The maximum Gasteiger partial charge on any atom is 0.215 e. The second kappa shape index (κ2) is 15.3. The summed E-state index contributed by atoms with van der Waals surface area (Å²) < 4.78 is 1.51. The molecule has 0 unspecified atom stereocenters. The van der Waals surface area contributed by atoms with E-state index in [0.717, 1.165) is 48.2 Å². The lowest BCUT2D eigenvalue weighted by Crippen LogP contribution is -2.04. The third-order valence-corrected chi connectivity index (χ3v) is 8.98. The molecule has 2 aromatic rings. The lowest BCUT2D eigenvalue weighted by atomic mass is 9.92. The van der Waals surface area contributed by atoms with Crippen LogP contribution in [0.4, 0.5) is 0 Å². The number of unbranched alkanes of at least 4 members (excludes halogenated alkanes) is 9. The lowest BCUT2D eigenvalue weighted by Gasteiger charge is -2.14. The normalized spacial score (nSPS) is 13.9. The predicted octanol–water partition coefficient (Wildman–Crippen LogP) is 12.0. The van der Waals surface area contributed by atoms with Gasteiger partial charge in [0.15, 0.2) is 0 Å². The van der Waals surface area contributed by atoms with Crippen molar-refractivity contribution < 1.29 is 4.70 Å². The second-order valence-corrected chi connectivity index (χ2v) is 12.1. The summed E-state index contributed by atoms with van der Waals surface area (Å²) in [7, 11) is 0. The Morgan fingerprint density at radius 1 is 0.600 bits per heavy atom. The molecule has 0 saturated heterocycles. The largest absolute Gasteiger partial charge is 0.493 e. The molecule has 0 spiro atoms. The molecule has 2 nitrogen and oxygen atoms in total. The molecular formula is C38H54N2. The summed E-state index contributed by atoms with van der Waals surface area (Å²) in [5.74, 6) is 0. The molecular weight excluding hydrogens is 484 g/mol. The summed E-state index contributed by atoms with van der Waals surface area (Å²) in [5, 5.41) is 0. The minimum absolute atomic E-state index is 0.926. The zero-order valence-corrected chi connectivity index (χ0v) is 26.8. The smallest absolute Gasteiger partial charge is 0.215 e. The molecule has 0 aliphatic carbocycles. The van der Waals surface area contributed by atoms with Crippen LogP contribution in [0, 0.1) is 41.5 Å². The molecule has 1 aliphatic heterocycles. The van der Waals surface area contributed by atoms with E-state index in [1.54, 1.807) is 0 Å². The SMILES string of the molecule is CCCCCCCCCCC=CC1=C(c2cc(C)c(C)c(C)c2)[N+](=[N-])C(c2cc(C)c(C)c(C)c2)=C1CCCC. The summed E-state index contributed by atoms with van der Waals surface area (Å²) in [4.78, 5) is 0. The summed E-state index contributed by atoms with van der Waals surface area (Å²) in [6.45, 7) is 17.6. The van der Waals surface area contributed by atoms with E-state index in [0.29, 0.717) is 0 Å². The van der Waals surface area contributed by atoms with E-state index >= 15 is 0 Å². The van der Waals surface area contributed by atoms with Gasteiger partial charge < -0.3 is 5.53 Å². The first-order valence-corrected chi connectivity index (χ1v) is 16.0. The van der Waals surface area contributed by atoms with E-state index < -0.39 is 0 Å². The highest BCUT2D eigenvalue weighted by Gasteiger charge is 2.35. The number of hydrogen-bond acceptors (Lipinski definition) is 0. The van der Waals surface area contributed by atoms with Crippen LogP contribution in [0.25, 0.3) is 16.9 Å². The van der Waals surface area contributed by atoms with Gasteiger partial charge in [-0.25, -0.2) is 4.70 Å². The summed E-state index contributed by atoms with van der Waals surface area (Å²) in [5.41, 5.74) is 26.2. The maximum absolute atomic E-state index is 11.9. The van der Waals surface area contributed by atoms with Crippen LogP contribution in [0.15, 0.2) is 47.6 Å². The Labute approximate surface area is 245 Å². The molecule has 0 amide bonds. The number of hydrogen-bond donors (Lipinski definition) is 0. The van der Waals surface area contributed by atoms with Crippen LogP contribution in [0.5, 0.6) is 0 Å². The van der Waals surface area contributed by atoms with Crippen LogP contribution in [0.1, 0.15) is 135 Å². The average molecular weight is 539 g/mol. The molecule has 0 N–H and O–H groups in total. The van der Waals surface area contributed by atoms with Crippen molar-refractivity contribution in [1.29, 1.82) is 0 Å². The van der Waals surface area contributed by atoms with E-state index in [1.165, 1.54) is 101 Å². The van der Waals surface area contributed by atoms with Crippen LogP contribution in [0.3, 0.4) is 0 Å². The lowest BCUT2D eigenvalue weighted by molar-refractivity contribution is -0.345. The Morgan fingerprint density at radius 2 is 1.05 bits per heavy atom. The fourth-order valence-electron chi connectivity index (χ4n) is 5.93. The zero-order chi connectivity index (χ0) is 29.2. The average Bonchev–Trinajstić information content (AvgIpc) is 3.20. The van der Waals surface area contributed by atoms with E-state index in [1.807, 2.05) is 0 Å². The topological polar surface area (TPSA) is 25.3 Å². The quantitative estimate of drug-likeness (QED) is 0.159. The van der Waals surface area contributed by atoms with Gasteiger partial charge in [-0.2, -0.15) is 0 Å². The highest BCUT2D eigenvalue weighted by atomic mass is 15.2. The van der Waals surface area contributed by atoms with Gasteiger partial charge in [0.1, 0.15) is 0 Å². The van der Waals surface area contributed by atoms with Gasteiger partial charge in [-0.3, -0.25) is 0 Å². The molecule has 0 bridgehead atoms. The van der Waals surface area contributed by atoms with Crippen LogP contribution in [-0.2, 0) is 0 Å². The van der Waals surface area contributed by atoms with Gasteiger partial charge in [0, 0.05) is 16.7 Å². The minimum atomic E-state index is 0.926. The molecule has 216 valence electrons. The highest BCUT2D eigenvalue weighted by Crippen LogP contribution is 2.44. The van der Waals surface area contributed by atoms with Gasteiger partial charge in [0.05, 0.1) is 5.57 Å². The van der Waals surface area contributed by atoms with Crippen molar-refractivity contribution in [2.45, 2.75) is 132 Å². The van der Waals surface area contributed by atoms with Gasteiger partial charge in [-0.15, -0.1) is 0 Å². The molecule has 3 rings (SSSR count). The van der Waals surface area contributed by atoms with Gasteiger partial charge in [-0.1, -0.05) is 77.4 Å². The molecule has 2 aromatic carbocycles. The van der Waals surface area contributed by atoms with Crippen molar-refractivity contribution in [1.82, 2.24) is 0 Å². The second-order valence-electron chi connectivity index (χ2n) is 12.1. The highest BCUT2D eigenvalue weighted by molar-refractivity contribution is 5.84. The third kappa shape index (κ3) is 7.71. The molecule has 0 radical (unpaired) electrons. The van der Waals surface area contributed by atoms with Gasteiger partial charge in [0.25, 0.3) is 0 Å². The first kappa shape index (κ1) is 31.8. The molecule has 1 aliphatic rings. The molecule has 0 fully saturated rings. The first-order chi connectivity index (χ1) is 19.2. The Bertz CT molecular complexity index is 1240. The Morgan fingerprint density at radius 3 is 1.55 bits per heavy atom. The van der Waals surface area contributed by atoms with Crippen molar-refractivity contribution in [3.63, 3.8) is 0 Å². The monoisotopic (exact) mass is 538 g/mol. The van der Waals surface area contributed by atoms with Crippen molar-refractivity contribution in [2.75, 3.05) is 0 Å². The fraction of sp³-hybridized carbons (Fsp3) is 0.526. The molecule has 0 aromatic heterocycles. The number of aryl methyl sites for hydroxylation is 4. The maximum atomic E-state index is 11.9. The van der Waals surface area contributed by atoms with Crippen molar-refractivity contribution in [2.24, 2.45) is 0 Å². The number of allylic oxidation sites excluding steroid dienone is 4. The Hall–Kier alpha value is -2.74. The zero-order valence-electron chi connectivity index (χ0n) is 26.8. The van der Waals surface area contributed by atoms with E-state index in [9.17, 15) is 5.53 Å². The van der Waals surface area contributed by atoms with Crippen molar-refractivity contribution >= 4 is 11.4 Å². The Kier molecular flexibility index (Phi) is 12.2. The van der Waals surface area contributed by atoms with Crippen molar-refractivity contribution in [3.8, 4) is 0 Å². The molecule has 40 heavy (non-hydrogen) atoms. The third-order valence-electron chi connectivity index (χ3n) is 8.98. The van der Waals surface area contributed by atoms with E-state index in [2.05, 4.69) is 91.8 Å². The summed E-state index contributed by atoms with van der Waals surface area (Å²) in [6, 6.07) is 9.01.